The van der Waals surface area contributed by atoms with Crippen LogP contribution in [-0.2, 0) is 9.59 Å². The van der Waals surface area contributed by atoms with Gasteiger partial charge in [-0.05, 0) is 37.6 Å². The lowest BCUT2D eigenvalue weighted by molar-refractivity contribution is -0.123. The summed E-state index contributed by atoms with van der Waals surface area (Å²) in [4.78, 5) is 37.7. The maximum Gasteiger partial charge on any atom is 0.329 e. The fourth-order valence-corrected chi connectivity index (χ4v) is 2.86. The van der Waals surface area contributed by atoms with Crippen LogP contribution in [-0.4, -0.2) is 35.9 Å². The molecule has 0 radical (unpaired) electrons. The fourth-order valence-electron chi connectivity index (χ4n) is 2.86. The van der Waals surface area contributed by atoms with Gasteiger partial charge in [0.15, 0.2) is 6.61 Å². The van der Waals surface area contributed by atoms with E-state index in [4.69, 9.17) is 4.74 Å². The van der Waals surface area contributed by atoms with Crippen molar-refractivity contribution in [3.8, 4) is 5.75 Å². The molecule has 0 aliphatic carbocycles. The third-order valence-electron chi connectivity index (χ3n) is 4.32. The van der Waals surface area contributed by atoms with E-state index in [0.717, 1.165) is 5.56 Å². The van der Waals surface area contributed by atoms with Crippen LogP contribution in [0.15, 0.2) is 54.2 Å². The highest BCUT2D eigenvalue weighted by Crippen LogP contribution is 2.23. The fraction of sp³-hybridized carbons (Fsp3) is 0.227. The molecule has 0 atom stereocenters. The molecule has 1 heterocycles. The number of benzene rings is 2. The highest BCUT2D eigenvalue weighted by atomic mass is 16.5. The van der Waals surface area contributed by atoms with E-state index in [1.807, 2.05) is 38.1 Å². The summed E-state index contributed by atoms with van der Waals surface area (Å²) in [5.74, 6) is -0.227. The summed E-state index contributed by atoms with van der Waals surface area (Å²) in [6.45, 7) is 4.04. The lowest BCUT2D eigenvalue weighted by Gasteiger charge is -2.10. The second kappa shape index (κ2) is 9.05. The van der Waals surface area contributed by atoms with Crippen LogP contribution in [0.5, 0.6) is 5.75 Å². The van der Waals surface area contributed by atoms with Crippen molar-refractivity contribution in [3.63, 3.8) is 0 Å². The van der Waals surface area contributed by atoms with Crippen LogP contribution < -0.4 is 15.4 Å². The van der Waals surface area contributed by atoms with Crippen LogP contribution >= 0.6 is 0 Å². The van der Waals surface area contributed by atoms with E-state index in [1.54, 1.807) is 30.3 Å². The topological polar surface area (TPSA) is 87.7 Å². The first kappa shape index (κ1) is 20.1. The zero-order valence-electron chi connectivity index (χ0n) is 16.4. The summed E-state index contributed by atoms with van der Waals surface area (Å²) in [6, 6.07) is 14.0. The lowest BCUT2D eigenvalue weighted by Crippen LogP contribution is -2.31. The number of rotatable bonds is 7. The highest BCUT2D eigenvalue weighted by Gasteiger charge is 2.32. The molecule has 1 saturated heterocycles. The number of carbonyl (C=O) groups is 3. The first-order valence-corrected chi connectivity index (χ1v) is 9.41. The molecule has 7 heteroatoms. The Bertz CT molecular complexity index is 951. The number of anilines is 1. The van der Waals surface area contributed by atoms with Crippen LogP contribution in [0, 0.1) is 6.92 Å². The Morgan fingerprint density at radius 2 is 1.86 bits per heavy atom. The Morgan fingerprint density at radius 1 is 1.14 bits per heavy atom. The Balaban J connectivity index is 1.68. The van der Waals surface area contributed by atoms with E-state index < -0.39 is 6.03 Å². The van der Waals surface area contributed by atoms with Gasteiger partial charge in [-0.25, -0.2) is 4.79 Å². The van der Waals surface area contributed by atoms with Gasteiger partial charge in [-0.2, -0.15) is 0 Å². The average Bonchev–Trinajstić information content (AvgIpc) is 2.97. The molecule has 4 amide bonds. The largest absolute Gasteiger partial charge is 0.483 e. The molecule has 7 nitrogen and oxygen atoms in total. The van der Waals surface area contributed by atoms with Gasteiger partial charge in [0.05, 0.1) is 0 Å². The summed E-state index contributed by atoms with van der Waals surface area (Å²) in [7, 11) is 0. The molecule has 0 saturated carbocycles. The second-order valence-corrected chi connectivity index (χ2v) is 6.69. The van der Waals surface area contributed by atoms with Crippen molar-refractivity contribution in [2.45, 2.75) is 20.3 Å². The van der Waals surface area contributed by atoms with E-state index in [2.05, 4.69) is 10.6 Å². The molecule has 0 bridgehead atoms. The van der Waals surface area contributed by atoms with Crippen molar-refractivity contribution < 1.29 is 19.1 Å². The minimum absolute atomic E-state index is 0.184. The number of urea groups is 1. The van der Waals surface area contributed by atoms with E-state index in [9.17, 15) is 14.4 Å². The smallest absolute Gasteiger partial charge is 0.329 e. The van der Waals surface area contributed by atoms with Crippen molar-refractivity contribution in [1.82, 2.24) is 10.2 Å². The van der Waals surface area contributed by atoms with Crippen molar-refractivity contribution in [2.24, 2.45) is 0 Å². The number of para-hydroxylation sites is 1. The Labute approximate surface area is 169 Å². The molecule has 0 unspecified atom stereocenters. The van der Waals surface area contributed by atoms with Crippen LogP contribution in [0.2, 0.25) is 0 Å². The van der Waals surface area contributed by atoms with Crippen LogP contribution in [0.25, 0.3) is 6.08 Å². The zero-order chi connectivity index (χ0) is 20.8. The van der Waals surface area contributed by atoms with Crippen molar-refractivity contribution in [2.75, 3.05) is 18.5 Å². The Morgan fingerprint density at radius 3 is 2.59 bits per heavy atom. The van der Waals surface area contributed by atoms with E-state index in [1.165, 1.54) is 4.90 Å². The molecule has 2 aromatic carbocycles. The number of carbonyl (C=O) groups excluding carboxylic acids is 3. The number of nitrogens with zero attached hydrogens (tertiary/aromatic N) is 1. The zero-order valence-corrected chi connectivity index (χ0v) is 16.4. The number of aryl methyl sites for hydroxylation is 1. The van der Waals surface area contributed by atoms with Gasteiger partial charge in [-0.3, -0.25) is 14.5 Å². The molecule has 150 valence electrons. The van der Waals surface area contributed by atoms with Gasteiger partial charge in [0.25, 0.3) is 11.8 Å². The first-order valence-electron chi connectivity index (χ1n) is 9.41. The molecular formula is C22H23N3O4. The standard InChI is InChI=1S/C22H23N3O4/c1-3-12-25-21(27)18(24-22(25)28)13-16-6-4-5-7-19(16)29-14-20(26)23-17-10-8-15(2)9-11-17/h4-11,13H,3,12,14H2,1-2H3,(H,23,26)(H,24,28)/b18-13+. The summed E-state index contributed by atoms with van der Waals surface area (Å²) in [5.41, 5.74) is 2.57. The van der Waals surface area contributed by atoms with Crippen LogP contribution in [0.1, 0.15) is 24.5 Å². The van der Waals surface area contributed by atoms with Crippen LogP contribution in [0.3, 0.4) is 0 Å². The molecular weight excluding hydrogens is 370 g/mol. The molecule has 0 aromatic heterocycles. The van der Waals surface area contributed by atoms with Gasteiger partial charge in [0.1, 0.15) is 11.4 Å². The monoisotopic (exact) mass is 393 g/mol. The average molecular weight is 393 g/mol. The third kappa shape index (κ3) is 5.01. The molecule has 1 fully saturated rings. The number of nitrogens with one attached hydrogen (secondary N) is 2. The van der Waals surface area contributed by atoms with E-state index >= 15 is 0 Å². The predicted molar refractivity (Wildman–Crippen MR) is 110 cm³/mol. The molecule has 0 spiro atoms. The van der Waals surface area contributed by atoms with Gasteiger partial charge in [-0.15, -0.1) is 0 Å². The minimum Gasteiger partial charge on any atom is -0.483 e. The Kier molecular flexibility index (Phi) is 6.29. The quantitative estimate of drug-likeness (QED) is 0.558. The van der Waals surface area contributed by atoms with E-state index in [0.29, 0.717) is 30.0 Å². The van der Waals surface area contributed by atoms with Gasteiger partial charge in [-0.1, -0.05) is 42.8 Å². The van der Waals surface area contributed by atoms with Gasteiger partial charge in [0.2, 0.25) is 0 Å². The summed E-state index contributed by atoms with van der Waals surface area (Å²) < 4.78 is 5.65. The normalized spacial score (nSPS) is 14.8. The van der Waals surface area contributed by atoms with Gasteiger partial charge < -0.3 is 15.4 Å². The summed E-state index contributed by atoms with van der Waals surface area (Å²) in [6.07, 6.45) is 2.24. The molecule has 3 rings (SSSR count). The lowest BCUT2D eigenvalue weighted by atomic mass is 10.1. The van der Waals surface area contributed by atoms with Crippen molar-refractivity contribution in [1.29, 1.82) is 0 Å². The van der Waals surface area contributed by atoms with Crippen molar-refractivity contribution >= 4 is 29.6 Å². The van der Waals surface area contributed by atoms with Gasteiger partial charge >= 0.3 is 6.03 Å². The maximum atomic E-state index is 12.4. The van der Waals surface area contributed by atoms with Crippen molar-refractivity contribution in [3.05, 3.63) is 65.4 Å². The summed E-state index contributed by atoms with van der Waals surface area (Å²) in [5, 5.41) is 5.35. The maximum absolute atomic E-state index is 12.4. The number of ether oxygens (including phenoxy) is 1. The molecule has 1 aliphatic rings. The molecule has 1 aliphatic heterocycles. The second-order valence-electron chi connectivity index (χ2n) is 6.69. The number of imide groups is 1. The van der Waals surface area contributed by atoms with E-state index in [-0.39, 0.29) is 24.1 Å². The van der Waals surface area contributed by atoms with Crippen LogP contribution in [0.4, 0.5) is 10.5 Å². The number of hydrogen-bond acceptors (Lipinski definition) is 4. The molecule has 29 heavy (non-hydrogen) atoms. The Hall–Kier alpha value is -3.61. The highest BCUT2D eigenvalue weighted by molar-refractivity contribution is 6.14. The third-order valence-corrected chi connectivity index (χ3v) is 4.32. The summed E-state index contributed by atoms with van der Waals surface area (Å²) >= 11 is 0. The van der Waals surface area contributed by atoms with Gasteiger partial charge in [0, 0.05) is 17.8 Å². The number of hydrogen-bond donors (Lipinski definition) is 2. The number of amides is 4. The molecule has 2 aromatic rings. The molecule has 2 N–H and O–H groups in total. The SMILES string of the molecule is CCCN1C(=O)N/C(=C/c2ccccc2OCC(=O)Nc2ccc(C)cc2)C1=O. The minimum atomic E-state index is -0.432. The predicted octanol–water partition coefficient (Wildman–Crippen LogP) is 3.32. The first-order chi connectivity index (χ1) is 14.0.